The Morgan fingerprint density at radius 1 is 1.70 bits per heavy atom. The van der Waals surface area contributed by atoms with Crippen LogP contribution in [0.25, 0.3) is 0 Å². The van der Waals surface area contributed by atoms with E-state index in [2.05, 4.69) is 4.74 Å². The summed E-state index contributed by atoms with van der Waals surface area (Å²) in [6.07, 6.45) is -1.32. The Kier molecular flexibility index (Phi) is 2.13. The molecule has 1 aromatic heterocycles. The van der Waals surface area contributed by atoms with E-state index in [1.54, 1.807) is 6.07 Å². The molecule has 1 N–H and O–H groups in total. The summed E-state index contributed by atoms with van der Waals surface area (Å²) in [6, 6.07) is 3.08. The predicted molar refractivity (Wildman–Crippen MR) is 38.0 cm³/mol. The maximum absolute atomic E-state index is 9.92. The number of hydrogen-bond donors (Lipinski definition) is 1. The molecular weight excluding hydrogens is 176 g/mol. The average molecular weight is 179 g/mol. The second-order valence-corrected chi connectivity index (χ2v) is 3.10. The fourth-order valence-electron chi connectivity index (χ4n) is 0.439. The van der Waals surface area contributed by atoms with Crippen molar-refractivity contribution in [1.29, 1.82) is 0 Å². The van der Waals surface area contributed by atoms with Gasteiger partial charge in [-0.2, -0.15) is 0 Å². The fraction of sp³-hybridized carbons (Fsp3) is 0. The van der Waals surface area contributed by atoms with Crippen LogP contribution in [-0.4, -0.2) is 11.3 Å². The second kappa shape index (κ2) is 2.90. The number of ether oxygens (including phenoxy) is 1. The molecule has 0 radical (unpaired) electrons. The Labute approximate surface area is 65.8 Å². The van der Waals surface area contributed by atoms with Crippen LogP contribution in [0.1, 0.15) is 0 Å². The molecule has 10 heavy (non-hydrogen) atoms. The molecule has 1 heterocycles. The van der Waals surface area contributed by atoms with Crippen molar-refractivity contribution in [3.05, 3.63) is 16.5 Å². The molecule has 1 rings (SSSR count). The van der Waals surface area contributed by atoms with Crippen molar-refractivity contribution in [2.24, 2.45) is 0 Å². The van der Waals surface area contributed by atoms with Crippen molar-refractivity contribution in [2.45, 2.75) is 0 Å². The molecule has 0 atom stereocenters. The largest absolute Gasteiger partial charge is 0.512 e. The highest BCUT2D eigenvalue weighted by Crippen LogP contribution is 2.27. The molecule has 0 saturated heterocycles. The zero-order valence-electron chi connectivity index (χ0n) is 4.70. The van der Waals surface area contributed by atoms with E-state index >= 15 is 0 Å². The van der Waals surface area contributed by atoms with E-state index in [-0.39, 0.29) is 5.06 Å². The van der Waals surface area contributed by atoms with Crippen LogP contribution < -0.4 is 4.74 Å². The lowest BCUT2D eigenvalue weighted by Crippen LogP contribution is -2.00. The second-order valence-electron chi connectivity index (χ2n) is 1.43. The Balaban J connectivity index is 2.67. The Bertz CT molecular complexity index is 245. The summed E-state index contributed by atoms with van der Waals surface area (Å²) in [5.41, 5.74) is 0. The van der Waals surface area contributed by atoms with Gasteiger partial charge in [-0.3, -0.25) is 0 Å². The highest BCUT2D eigenvalue weighted by molar-refractivity contribution is 7.17. The fourth-order valence-corrected chi connectivity index (χ4v) is 1.31. The van der Waals surface area contributed by atoms with Gasteiger partial charge in [0.2, 0.25) is 0 Å². The molecule has 0 saturated carbocycles. The van der Waals surface area contributed by atoms with Gasteiger partial charge in [-0.25, -0.2) is 4.79 Å². The van der Waals surface area contributed by atoms with Crippen molar-refractivity contribution in [2.75, 3.05) is 0 Å². The third kappa shape index (κ3) is 1.89. The van der Waals surface area contributed by atoms with Crippen LogP contribution in [0.5, 0.6) is 5.06 Å². The molecule has 0 amide bonds. The van der Waals surface area contributed by atoms with Gasteiger partial charge in [-0.15, -0.1) is 0 Å². The minimum absolute atomic E-state index is 0.289. The Hall–Kier alpha value is -0.740. The zero-order valence-corrected chi connectivity index (χ0v) is 6.28. The topological polar surface area (TPSA) is 46.5 Å². The van der Waals surface area contributed by atoms with Gasteiger partial charge >= 0.3 is 6.16 Å². The molecular formula is C5H3ClO3S. The minimum Gasteiger partial charge on any atom is -0.449 e. The third-order valence-corrected chi connectivity index (χ3v) is 1.85. The maximum Gasteiger partial charge on any atom is 0.512 e. The third-order valence-electron chi connectivity index (χ3n) is 0.736. The molecule has 0 aliphatic rings. The lowest BCUT2D eigenvalue weighted by molar-refractivity contribution is 0.146. The van der Waals surface area contributed by atoms with Crippen molar-refractivity contribution >= 4 is 29.1 Å². The van der Waals surface area contributed by atoms with Gasteiger partial charge < -0.3 is 9.84 Å². The smallest absolute Gasteiger partial charge is 0.449 e. The zero-order chi connectivity index (χ0) is 7.56. The van der Waals surface area contributed by atoms with Crippen LogP contribution in [0.15, 0.2) is 12.1 Å². The summed E-state index contributed by atoms with van der Waals surface area (Å²) < 4.78 is 4.80. The summed E-state index contributed by atoms with van der Waals surface area (Å²) in [6.45, 7) is 0. The highest BCUT2D eigenvalue weighted by atomic mass is 35.5. The molecule has 0 fully saturated rings. The SMILES string of the molecule is O=C(O)Oc1ccc(Cl)s1. The summed E-state index contributed by atoms with van der Waals surface area (Å²) in [5, 5.41) is 8.41. The summed E-state index contributed by atoms with van der Waals surface area (Å²) in [7, 11) is 0. The van der Waals surface area contributed by atoms with Crippen LogP contribution in [0.2, 0.25) is 4.34 Å². The van der Waals surface area contributed by atoms with E-state index in [0.717, 1.165) is 11.3 Å². The first-order valence-electron chi connectivity index (χ1n) is 2.34. The number of thiophene rings is 1. The number of carboxylic acid groups (broad SMARTS) is 1. The first-order chi connectivity index (χ1) is 4.68. The van der Waals surface area contributed by atoms with Gasteiger partial charge in [0.25, 0.3) is 0 Å². The van der Waals surface area contributed by atoms with Crippen LogP contribution in [0.4, 0.5) is 4.79 Å². The van der Waals surface area contributed by atoms with E-state index in [0.29, 0.717) is 4.34 Å². The first kappa shape index (κ1) is 7.37. The molecule has 0 aliphatic heterocycles. The van der Waals surface area contributed by atoms with Crippen LogP contribution in [0.3, 0.4) is 0 Å². The molecule has 0 bridgehead atoms. The number of hydrogen-bond acceptors (Lipinski definition) is 3. The molecule has 0 spiro atoms. The number of halogens is 1. The summed E-state index contributed by atoms with van der Waals surface area (Å²) >= 11 is 6.57. The van der Waals surface area contributed by atoms with Crippen molar-refractivity contribution in [3.63, 3.8) is 0 Å². The van der Waals surface area contributed by atoms with Crippen LogP contribution >= 0.6 is 22.9 Å². The Morgan fingerprint density at radius 3 is 2.80 bits per heavy atom. The average Bonchev–Trinajstić information content (AvgIpc) is 2.13. The van der Waals surface area contributed by atoms with Gasteiger partial charge in [-0.1, -0.05) is 22.9 Å². The standard InChI is InChI=1S/C5H3ClO3S/c6-3-1-2-4(10-3)9-5(7)8/h1-2H,(H,7,8). The monoisotopic (exact) mass is 178 g/mol. The summed E-state index contributed by atoms with van der Waals surface area (Å²) in [4.78, 5) is 9.92. The van der Waals surface area contributed by atoms with Crippen molar-refractivity contribution < 1.29 is 14.6 Å². The van der Waals surface area contributed by atoms with Gasteiger partial charge in [0.1, 0.15) is 0 Å². The first-order valence-corrected chi connectivity index (χ1v) is 3.54. The number of carbonyl (C=O) groups is 1. The predicted octanol–water partition coefficient (Wildman–Crippen LogP) is 2.46. The van der Waals surface area contributed by atoms with Crippen molar-refractivity contribution in [3.8, 4) is 5.06 Å². The van der Waals surface area contributed by atoms with Gasteiger partial charge in [0.15, 0.2) is 5.06 Å². The van der Waals surface area contributed by atoms with Crippen molar-refractivity contribution in [1.82, 2.24) is 0 Å². The molecule has 0 unspecified atom stereocenters. The van der Waals surface area contributed by atoms with Gasteiger partial charge in [-0.05, 0) is 12.1 Å². The molecule has 3 nitrogen and oxygen atoms in total. The molecule has 0 aromatic carbocycles. The van der Waals surface area contributed by atoms with E-state index in [1.807, 2.05) is 0 Å². The quantitative estimate of drug-likeness (QED) is 0.672. The molecule has 0 aliphatic carbocycles. The lowest BCUT2D eigenvalue weighted by atomic mass is 10.6. The molecule has 1 aromatic rings. The molecule has 5 heteroatoms. The Morgan fingerprint density at radius 2 is 2.40 bits per heavy atom. The van der Waals surface area contributed by atoms with E-state index in [4.69, 9.17) is 16.7 Å². The van der Waals surface area contributed by atoms with Crippen LogP contribution in [0, 0.1) is 0 Å². The maximum atomic E-state index is 9.92. The summed E-state index contributed by atoms with van der Waals surface area (Å²) in [5.74, 6) is 0. The van der Waals surface area contributed by atoms with E-state index < -0.39 is 6.16 Å². The lowest BCUT2D eigenvalue weighted by Gasteiger charge is -1.90. The van der Waals surface area contributed by atoms with Crippen LogP contribution in [-0.2, 0) is 0 Å². The highest BCUT2D eigenvalue weighted by Gasteiger charge is 2.02. The minimum atomic E-state index is -1.32. The number of rotatable bonds is 1. The van der Waals surface area contributed by atoms with E-state index in [9.17, 15) is 4.79 Å². The van der Waals surface area contributed by atoms with Gasteiger partial charge in [0, 0.05) is 0 Å². The molecule has 54 valence electrons. The van der Waals surface area contributed by atoms with E-state index in [1.165, 1.54) is 6.07 Å². The van der Waals surface area contributed by atoms with Gasteiger partial charge in [0.05, 0.1) is 4.34 Å². The normalized spacial score (nSPS) is 9.30.